The molecule has 0 bridgehead atoms. The fourth-order valence-electron chi connectivity index (χ4n) is 2.19. The molecule has 0 saturated carbocycles. The van der Waals surface area contributed by atoms with E-state index in [4.69, 9.17) is 0 Å². The molecular formula is C17H20O. The summed E-state index contributed by atoms with van der Waals surface area (Å²) in [6.45, 7) is 6.23. The quantitative estimate of drug-likeness (QED) is 0.863. The first-order chi connectivity index (χ1) is 8.58. The van der Waals surface area contributed by atoms with Gasteiger partial charge in [-0.3, -0.25) is 0 Å². The highest BCUT2D eigenvalue weighted by molar-refractivity contribution is 5.35. The lowest BCUT2D eigenvalue weighted by molar-refractivity contribution is 0.177. The van der Waals surface area contributed by atoms with Crippen molar-refractivity contribution in [3.8, 4) is 0 Å². The highest BCUT2D eigenvalue weighted by Crippen LogP contribution is 2.23. The maximum atomic E-state index is 10.3. The maximum absolute atomic E-state index is 10.3. The zero-order chi connectivity index (χ0) is 13.1. The van der Waals surface area contributed by atoms with Crippen LogP contribution in [0.15, 0.2) is 42.5 Å². The molecule has 0 radical (unpaired) electrons. The molecule has 0 aliphatic carbocycles. The number of aryl methyl sites for hydroxylation is 2. The van der Waals surface area contributed by atoms with E-state index in [-0.39, 0.29) is 0 Å². The molecule has 0 aromatic heterocycles. The van der Waals surface area contributed by atoms with Gasteiger partial charge in [0.25, 0.3) is 0 Å². The van der Waals surface area contributed by atoms with Crippen LogP contribution in [0.25, 0.3) is 0 Å². The zero-order valence-corrected chi connectivity index (χ0v) is 11.3. The first kappa shape index (κ1) is 12.8. The third kappa shape index (κ3) is 2.80. The van der Waals surface area contributed by atoms with Crippen molar-refractivity contribution in [2.24, 2.45) is 0 Å². The van der Waals surface area contributed by atoms with Crippen molar-refractivity contribution in [1.82, 2.24) is 0 Å². The standard InChI is InChI=1S/C17H20O/c1-12-7-9-15(10-8-12)11-17(18)16-6-4-5-13(2)14(16)3/h4-10,17-18H,11H2,1-3H3. The average molecular weight is 240 g/mol. The van der Waals surface area contributed by atoms with Gasteiger partial charge in [-0.25, -0.2) is 0 Å². The molecule has 18 heavy (non-hydrogen) atoms. The Bertz CT molecular complexity index is 526. The summed E-state index contributed by atoms with van der Waals surface area (Å²) in [5, 5.41) is 10.3. The molecule has 2 aromatic rings. The Kier molecular flexibility index (Phi) is 3.83. The highest BCUT2D eigenvalue weighted by atomic mass is 16.3. The predicted molar refractivity (Wildman–Crippen MR) is 75.8 cm³/mol. The summed E-state index contributed by atoms with van der Waals surface area (Å²) in [4.78, 5) is 0. The summed E-state index contributed by atoms with van der Waals surface area (Å²) in [6, 6.07) is 14.5. The molecule has 0 amide bonds. The lowest BCUT2D eigenvalue weighted by Gasteiger charge is -2.15. The van der Waals surface area contributed by atoms with Crippen LogP contribution in [-0.4, -0.2) is 5.11 Å². The van der Waals surface area contributed by atoms with Crippen LogP contribution in [0, 0.1) is 20.8 Å². The molecule has 0 saturated heterocycles. The topological polar surface area (TPSA) is 20.2 Å². The van der Waals surface area contributed by atoms with Crippen LogP contribution in [0.4, 0.5) is 0 Å². The first-order valence-electron chi connectivity index (χ1n) is 6.37. The molecule has 0 aliphatic rings. The fourth-order valence-corrected chi connectivity index (χ4v) is 2.19. The number of hydrogen-bond acceptors (Lipinski definition) is 1. The Morgan fingerprint density at radius 2 is 1.61 bits per heavy atom. The number of rotatable bonds is 3. The van der Waals surface area contributed by atoms with Crippen molar-refractivity contribution < 1.29 is 5.11 Å². The highest BCUT2D eigenvalue weighted by Gasteiger charge is 2.11. The average Bonchev–Trinajstić information content (AvgIpc) is 2.35. The second kappa shape index (κ2) is 5.36. The largest absolute Gasteiger partial charge is 0.388 e. The van der Waals surface area contributed by atoms with Crippen molar-refractivity contribution in [2.45, 2.75) is 33.3 Å². The minimum absolute atomic E-state index is 0.424. The number of aliphatic hydroxyl groups is 1. The van der Waals surface area contributed by atoms with Crippen LogP contribution in [-0.2, 0) is 6.42 Å². The van der Waals surface area contributed by atoms with E-state index in [1.54, 1.807) is 0 Å². The van der Waals surface area contributed by atoms with Crippen molar-refractivity contribution in [3.63, 3.8) is 0 Å². The van der Waals surface area contributed by atoms with Crippen LogP contribution in [0.1, 0.15) is 33.9 Å². The van der Waals surface area contributed by atoms with Gasteiger partial charge in [0.05, 0.1) is 6.10 Å². The predicted octanol–water partition coefficient (Wildman–Crippen LogP) is 3.89. The summed E-state index contributed by atoms with van der Waals surface area (Å²) in [6.07, 6.45) is 0.248. The molecule has 1 heteroatoms. The van der Waals surface area contributed by atoms with Gasteiger partial charge in [0.15, 0.2) is 0 Å². The van der Waals surface area contributed by atoms with Crippen LogP contribution < -0.4 is 0 Å². The maximum Gasteiger partial charge on any atom is 0.0833 e. The molecular weight excluding hydrogens is 220 g/mol. The first-order valence-corrected chi connectivity index (χ1v) is 6.37. The monoisotopic (exact) mass is 240 g/mol. The molecule has 1 nitrogen and oxygen atoms in total. The molecule has 0 heterocycles. The van der Waals surface area contributed by atoms with Gasteiger partial charge in [0.2, 0.25) is 0 Å². The van der Waals surface area contributed by atoms with E-state index < -0.39 is 6.10 Å². The lowest BCUT2D eigenvalue weighted by atomic mass is 9.95. The second-order valence-electron chi connectivity index (χ2n) is 4.99. The molecule has 1 atom stereocenters. The Morgan fingerprint density at radius 3 is 2.28 bits per heavy atom. The van der Waals surface area contributed by atoms with Crippen LogP contribution >= 0.6 is 0 Å². The Labute approximate surface area is 109 Å². The Hall–Kier alpha value is -1.60. The Morgan fingerprint density at radius 1 is 0.944 bits per heavy atom. The third-order valence-electron chi connectivity index (χ3n) is 3.56. The molecule has 2 rings (SSSR count). The fraction of sp³-hybridized carbons (Fsp3) is 0.294. The van der Waals surface area contributed by atoms with Gasteiger partial charge in [-0.2, -0.15) is 0 Å². The van der Waals surface area contributed by atoms with Gasteiger partial charge in [-0.15, -0.1) is 0 Å². The second-order valence-corrected chi connectivity index (χ2v) is 4.99. The van der Waals surface area contributed by atoms with Gasteiger partial charge in [0.1, 0.15) is 0 Å². The third-order valence-corrected chi connectivity index (χ3v) is 3.56. The Balaban J connectivity index is 2.19. The SMILES string of the molecule is Cc1ccc(CC(O)c2cccc(C)c2C)cc1. The molecule has 94 valence electrons. The van der Waals surface area contributed by atoms with E-state index in [0.29, 0.717) is 6.42 Å². The minimum atomic E-state index is -0.424. The number of benzene rings is 2. The molecule has 1 N–H and O–H groups in total. The van der Waals surface area contributed by atoms with Crippen LogP contribution in [0.2, 0.25) is 0 Å². The van der Waals surface area contributed by atoms with E-state index in [1.165, 1.54) is 22.3 Å². The van der Waals surface area contributed by atoms with Gasteiger partial charge < -0.3 is 5.11 Å². The van der Waals surface area contributed by atoms with Gasteiger partial charge >= 0.3 is 0 Å². The van der Waals surface area contributed by atoms with Gasteiger partial charge in [0, 0.05) is 6.42 Å². The molecule has 0 spiro atoms. The smallest absolute Gasteiger partial charge is 0.0833 e. The van der Waals surface area contributed by atoms with E-state index in [9.17, 15) is 5.11 Å². The van der Waals surface area contributed by atoms with Crippen LogP contribution in [0.3, 0.4) is 0 Å². The zero-order valence-electron chi connectivity index (χ0n) is 11.3. The molecule has 0 aliphatic heterocycles. The molecule has 0 fully saturated rings. The van der Waals surface area contributed by atoms with Gasteiger partial charge in [-0.1, -0.05) is 48.0 Å². The lowest BCUT2D eigenvalue weighted by Crippen LogP contribution is -2.04. The number of aliphatic hydroxyl groups excluding tert-OH is 1. The summed E-state index contributed by atoms with van der Waals surface area (Å²) < 4.78 is 0. The number of hydrogen-bond donors (Lipinski definition) is 1. The van der Waals surface area contributed by atoms with Crippen molar-refractivity contribution in [1.29, 1.82) is 0 Å². The van der Waals surface area contributed by atoms with E-state index >= 15 is 0 Å². The summed E-state index contributed by atoms with van der Waals surface area (Å²) in [5.41, 5.74) is 5.89. The van der Waals surface area contributed by atoms with Gasteiger partial charge in [-0.05, 0) is 43.0 Å². The van der Waals surface area contributed by atoms with E-state index in [1.807, 2.05) is 12.1 Å². The molecule has 2 aromatic carbocycles. The summed E-state index contributed by atoms with van der Waals surface area (Å²) >= 11 is 0. The van der Waals surface area contributed by atoms with E-state index in [0.717, 1.165) is 5.56 Å². The van der Waals surface area contributed by atoms with E-state index in [2.05, 4.69) is 51.1 Å². The molecule has 1 unspecified atom stereocenters. The van der Waals surface area contributed by atoms with Crippen molar-refractivity contribution >= 4 is 0 Å². The van der Waals surface area contributed by atoms with Crippen LogP contribution in [0.5, 0.6) is 0 Å². The van der Waals surface area contributed by atoms with Crippen molar-refractivity contribution in [2.75, 3.05) is 0 Å². The summed E-state index contributed by atoms with van der Waals surface area (Å²) in [5.74, 6) is 0. The summed E-state index contributed by atoms with van der Waals surface area (Å²) in [7, 11) is 0. The minimum Gasteiger partial charge on any atom is -0.388 e. The normalized spacial score (nSPS) is 12.4. The van der Waals surface area contributed by atoms with Crippen molar-refractivity contribution in [3.05, 3.63) is 70.3 Å².